The number of fused-ring (bicyclic) bond motifs is 1. The number of H-pyrrole nitrogens is 1. The van der Waals surface area contributed by atoms with Crippen molar-refractivity contribution in [3.63, 3.8) is 0 Å². The fourth-order valence-corrected chi connectivity index (χ4v) is 2.30. The number of benzene rings is 1. The Bertz CT molecular complexity index is 556. The van der Waals surface area contributed by atoms with Crippen LogP contribution in [0.2, 0.25) is 5.02 Å². The van der Waals surface area contributed by atoms with Gasteiger partial charge in [-0.3, -0.25) is 4.79 Å². The predicted molar refractivity (Wildman–Crippen MR) is 71.6 cm³/mol. The molecule has 1 heterocycles. The molecular weight excluding hydrogens is 234 g/mol. The Morgan fingerprint density at radius 1 is 1.29 bits per heavy atom. The molecule has 1 aromatic carbocycles. The first-order valence-corrected chi connectivity index (χ1v) is 6.18. The van der Waals surface area contributed by atoms with E-state index in [4.69, 9.17) is 11.6 Å². The van der Waals surface area contributed by atoms with Crippen molar-refractivity contribution in [2.45, 2.75) is 26.7 Å². The fraction of sp³-hybridized carbons (Fsp3) is 0.357. The molecule has 1 aromatic heterocycles. The molecule has 1 unspecified atom stereocenters. The number of hydrogen-bond acceptors (Lipinski definition) is 1. The molecule has 0 amide bonds. The summed E-state index contributed by atoms with van der Waals surface area (Å²) in [4.78, 5) is 15.2. The summed E-state index contributed by atoms with van der Waals surface area (Å²) in [5, 5.41) is 1.78. The molecule has 0 saturated carbocycles. The Balaban J connectivity index is 2.46. The maximum absolute atomic E-state index is 12.0. The zero-order valence-corrected chi connectivity index (χ0v) is 11.0. The van der Waals surface area contributed by atoms with Crippen LogP contribution in [0.5, 0.6) is 0 Å². The number of Topliss-reactive ketones (excluding diaryl/α,β-unsaturated/α-hetero) is 1. The third-order valence-electron chi connectivity index (χ3n) is 3.14. The zero-order chi connectivity index (χ0) is 12.6. The lowest BCUT2D eigenvalue weighted by Crippen LogP contribution is -2.14. The molecule has 0 aliphatic rings. The molecule has 1 N–H and O–H groups in total. The summed E-state index contributed by atoms with van der Waals surface area (Å²) in [6.07, 6.45) is 1.91. The average molecular weight is 250 g/mol. The van der Waals surface area contributed by atoms with Gasteiger partial charge in [0.2, 0.25) is 0 Å². The molecule has 0 aliphatic heterocycles. The molecule has 0 fully saturated rings. The largest absolute Gasteiger partial charge is 0.361 e. The first-order chi connectivity index (χ1) is 8.00. The first-order valence-electron chi connectivity index (χ1n) is 5.81. The summed E-state index contributed by atoms with van der Waals surface area (Å²) >= 11 is 5.93. The molecular formula is C14H16ClNO. The van der Waals surface area contributed by atoms with E-state index in [1.54, 1.807) is 0 Å². The monoisotopic (exact) mass is 249 g/mol. The van der Waals surface area contributed by atoms with Crippen LogP contribution in [0.15, 0.2) is 24.4 Å². The van der Waals surface area contributed by atoms with Crippen LogP contribution in [0, 0.1) is 5.92 Å². The minimum Gasteiger partial charge on any atom is -0.361 e. The van der Waals surface area contributed by atoms with Crippen molar-refractivity contribution in [2.75, 3.05) is 0 Å². The van der Waals surface area contributed by atoms with Crippen LogP contribution in [0.4, 0.5) is 0 Å². The third kappa shape index (κ3) is 2.22. The van der Waals surface area contributed by atoms with Crippen LogP contribution in [-0.2, 0) is 4.79 Å². The summed E-state index contributed by atoms with van der Waals surface area (Å²) in [5.41, 5.74) is 2.03. The van der Waals surface area contributed by atoms with E-state index < -0.39 is 0 Å². The van der Waals surface area contributed by atoms with Gasteiger partial charge in [0.25, 0.3) is 0 Å². The molecule has 3 heteroatoms. The van der Waals surface area contributed by atoms with Crippen LogP contribution >= 0.6 is 11.6 Å². The van der Waals surface area contributed by atoms with Gasteiger partial charge in [0.05, 0.1) is 0 Å². The number of aromatic amines is 1. The number of ketones is 1. The summed E-state index contributed by atoms with van der Waals surface area (Å²) in [6.45, 7) is 5.83. The predicted octanol–water partition coefficient (Wildman–Crippen LogP) is 4.15. The number of aromatic nitrogens is 1. The summed E-state index contributed by atoms with van der Waals surface area (Å²) in [7, 11) is 0. The topological polar surface area (TPSA) is 32.9 Å². The maximum Gasteiger partial charge on any atom is 0.142 e. The number of carbonyl (C=O) groups excluding carboxylic acids is 1. The third-order valence-corrected chi connectivity index (χ3v) is 3.37. The van der Waals surface area contributed by atoms with Gasteiger partial charge in [-0.25, -0.2) is 0 Å². The van der Waals surface area contributed by atoms with Gasteiger partial charge in [0.15, 0.2) is 0 Å². The Morgan fingerprint density at radius 3 is 2.65 bits per heavy atom. The van der Waals surface area contributed by atoms with Gasteiger partial charge in [-0.05, 0) is 17.7 Å². The normalized spacial score (nSPS) is 13.2. The Hall–Kier alpha value is -1.28. The number of halogens is 1. The van der Waals surface area contributed by atoms with Crippen LogP contribution in [0.3, 0.4) is 0 Å². The van der Waals surface area contributed by atoms with E-state index >= 15 is 0 Å². The second kappa shape index (κ2) is 4.53. The number of nitrogens with one attached hydrogen (secondary N) is 1. The molecule has 2 rings (SSSR count). The molecule has 2 nitrogen and oxygen atoms in total. The molecule has 0 bridgehead atoms. The van der Waals surface area contributed by atoms with Crippen LogP contribution in [-0.4, -0.2) is 10.8 Å². The van der Waals surface area contributed by atoms with E-state index in [2.05, 4.69) is 4.98 Å². The van der Waals surface area contributed by atoms with Gasteiger partial charge in [0.1, 0.15) is 5.78 Å². The smallest absolute Gasteiger partial charge is 0.142 e. The lowest BCUT2D eigenvalue weighted by atomic mass is 9.90. The van der Waals surface area contributed by atoms with E-state index in [-0.39, 0.29) is 17.6 Å². The highest BCUT2D eigenvalue weighted by Crippen LogP contribution is 2.29. The molecule has 2 aromatic rings. The highest BCUT2D eigenvalue weighted by molar-refractivity contribution is 6.31. The van der Waals surface area contributed by atoms with Gasteiger partial charge in [-0.2, -0.15) is 0 Å². The SMILES string of the molecule is CC(C)C(=O)C(C)c1c[nH]c2cc(Cl)ccc12. The summed E-state index contributed by atoms with van der Waals surface area (Å²) in [6, 6.07) is 5.70. The van der Waals surface area contributed by atoms with Crippen molar-refractivity contribution in [1.82, 2.24) is 4.98 Å². The summed E-state index contributed by atoms with van der Waals surface area (Å²) in [5.74, 6) is 0.244. The minimum absolute atomic E-state index is 0.0576. The van der Waals surface area contributed by atoms with Crippen molar-refractivity contribution >= 4 is 28.3 Å². The standard InChI is InChI=1S/C14H16ClNO/c1-8(2)14(17)9(3)12-7-16-13-6-10(15)4-5-11(12)13/h4-9,16H,1-3H3. The van der Waals surface area contributed by atoms with E-state index in [0.29, 0.717) is 5.02 Å². The molecule has 0 aliphatic carbocycles. The van der Waals surface area contributed by atoms with Crippen LogP contribution < -0.4 is 0 Å². The van der Waals surface area contributed by atoms with Crippen molar-refractivity contribution in [2.24, 2.45) is 5.92 Å². The lowest BCUT2D eigenvalue weighted by Gasteiger charge is -2.12. The van der Waals surface area contributed by atoms with Gasteiger partial charge < -0.3 is 4.98 Å². The maximum atomic E-state index is 12.0. The van der Waals surface area contributed by atoms with Crippen molar-refractivity contribution in [3.05, 3.63) is 35.0 Å². The zero-order valence-electron chi connectivity index (χ0n) is 10.3. The quantitative estimate of drug-likeness (QED) is 0.871. The highest BCUT2D eigenvalue weighted by Gasteiger charge is 2.20. The van der Waals surface area contributed by atoms with E-state index in [1.165, 1.54) is 0 Å². The van der Waals surface area contributed by atoms with Crippen molar-refractivity contribution in [3.8, 4) is 0 Å². The fourth-order valence-electron chi connectivity index (χ4n) is 2.13. The highest BCUT2D eigenvalue weighted by atomic mass is 35.5. The Morgan fingerprint density at radius 2 is 2.00 bits per heavy atom. The van der Waals surface area contributed by atoms with Gasteiger partial charge in [-0.15, -0.1) is 0 Å². The van der Waals surface area contributed by atoms with Crippen molar-refractivity contribution < 1.29 is 4.79 Å². The van der Waals surface area contributed by atoms with E-state index in [0.717, 1.165) is 16.5 Å². The number of rotatable bonds is 3. The first kappa shape index (κ1) is 12.2. The van der Waals surface area contributed by atoms with Crippen LogP contribution in [0.1, 0.15) is 32.3 Å². The van der Waals surface area contributed by atoms with Gasteiger partial charge >= 0.3 is 0 Å². The lowest BCUT2D eigenvalue weighted by molar-refractivity contribution is -0.122. The second-order valence-electron chi connectivity index (χ2n) is 4.71. The number of hydrogen-bond donors (Lipinski definition) is 1. The number of carbonyl (C=O) groups is 1. The molecule has 0 spiro atoms. The molecule has 17 heavy (non-hydrogen) atoms. The second-order valence-corrected chi connectivity index (χ2v) is 5.15. The molecule has 0 saturated heterocycles. The van der Waals surface area contributed by atoms with Crippen molar-refractivity contribution in [1.29, 1.82) is 0 Å². The van der Waals surface area contributed by atoms with Gasteiger partial charge in [0, 0.05) is 34.0 Å². The molecule has 1 atom stereocenters. The molecule has 0 radical (unpaired) electrons. The average Bonchev–Trinajstić information content (AvgIpc) is 2.69. The minimum atomic E-state index is -0.0788. The Labute approximate surface area is 106 Å². The molecule has 90 valence electrons. The summed E-state index contributed by atoms with van der Waals surface area (Å²) < 4.78 is 0. The van der Waals surface area contributed by atoms with Crippen LogP contribution in [0.25, 0.3) is 10.9 Å². The van der Waals surface area contributed by atoms with E-state index in [9.17, 15) is 4.79 Å². The van der Waals surface area contributed by atoms with E-state index in [1.807, 2.05) is 45.2 Å². The Kier molecular flexibility index (Phi) is 3.25. The van der Waals surface area contributed by atoms with Gasteiger partial charge in [-0.1, -0.05) is 38.4 Å².